The monoisotopic (exact) mass is 368 g/mol. The molecule has 8 heteroatoms. The molecule has 27 heavy (non-hydrogen) atoms. The largest absolute Gasteiger partial charge is 0.496 e. The first kappa shape index (κ1) is 18.4. The molecule has 3 rings (SSSR count). The molecule has 0 bridgehead atoms. The van der Waals surface area contributed by atoms with Gasteiger partial charge in [-0.3, -0.25) is 4.79 Å². The Kier molecular flexibility index (Phi) is 5.07. The van der Waals surface area contributed by atoms with Crippen LogP contribution in [-0.4, -0.2) is 32.7 Å². The summed E-state index contributed by atoms with van der Waals surface area (Å²) < 4.78 is 13.7. The van der Waals surface area contributed by atoms with Gasteiger partial charge in [0.25, 0.3) is 0 Å². The number of hydrogen-bond acceptors (Lipinski definition) is 6. The van der Waals surface area contributed by atoms with Gasteiger partial charge in [0, 0.05) is 12.6 Å². The van der Waals surface area contributed by atoms with Gasteiger partial charge in [-0.05, 0) is 60.2 Å². The van der Waals surface area contributed by atoms with Crippen molar-refractivity contribution >= 4 is 5.78 Å². The van der Waals surface area contributed by atoms with Crippen LogP contribution in [0.5, 0.6) is 11.5 Å². The third kappa shape index (κ3) is 3.59. The van der Waals surface area contributed by atoms with Crippen LogP contribution in [0, 0.1) is 6.92 Å². The topological polar surface area (TPSA) is 88.2 Å². The highest BCUT2D eigenvalue weighted by Gasteiger charge is 2.16. The fourth-order valence-electron chi connectivity index (χ4n) is 2.73. The third-order valence-electron chi connectivity index (χ3n) is 4.23. The van der Waals surface area contributed by atoms with E-state index in [1.807, 2.05) is 6.92 Å². The van der Waals surface area contributed by atoms with Gasteiger partial charge >= 0.3 is 5.69 Å². The van der Waals surface area contributed by atoms with Gasteiger partial charge < -0.3 is 9.47 Å². The Morgan fingerprint density at radius 1 is 1.15 bits per heavy atom. The van der Waals surface area contributed by atoms with Crippen molar-refractivity contribution in [2.24, 2.45) is 7.05 Å². The number of aryl methyl sites for hydroxylation is 2. The fourth-order valence-corrected chi connectivity index (χ4v) is 2.73. The van der Waals surface area contributed by atoms with Crippen LogP contribution in [-0.2, 0) is 13.7 Å². The molecular formula is C19H20N4O4. The number of aromatic nitrogens is 4. The van der Waals surface area contributed by atoms with E-state index in [1.54, 1.807) is 43.5 Å². The normalized spacial score (nSPS) is 10.7. The summed E-state index contributed by atoms with van der Waals surface area (Å²) in [5, 5.41) is 7.65. The number of carbonyl (C=O) groups is 1. The quantitative estimate of drug-likeness (QED) is 0.619. The third-order valence-corrected chi connectivity index (χ3v) is 4.23. The molecule has 140 valence electrons. The second kappa shape index (κ2) is 7.45. The van der Waals surface area contributed by atoms with Crippen LogP contribution in [0.25, 0.3) is 5.69 Å². The van der Waals surface area contributed by atoms with Gasteiger partial charge in [0.05, 0.1) is 18.4 Å². The van der Waals surface area contributed by atoms with Gasteiger partial charge in [-0.1, -0.05) is 6.07 Å². The lowest BCUT2D eigenvalue weighted by Crippen LogP contribution is -2.23. The summed E-state index contributed by atoms with van der Waals surface area (Å²) in [6, 6.07) is 10.6. The van der Waals surface area contributed by atoms with Gasteiger partial charge in [-0.25, -0.2) is 4.79 Å². The van der Waals surface area contributed by atoms with Crippen molar-refractivity contribution in [1.29, 1.82) is 0 Å². The van der Waals surface area contributed by atoms with Crippen molar-refractivity contribution in [1.82, 2.24) is 19.8 Å². The lowest BCUT2D eigenvalue weighted by atomic mass is 10.1. The Balaban J connectivity index is 1.96. The Bertz CT molecular complexity index is 1050. The number of hydrogen-bond donors (Lipinski definition) is 0. The zero-order valence-corrected chi connectivity index (χ0v) is 15.6. The van der Waals surface area contributed by atoms with Gasteiger partial charge in [0.2, 0.25) is 0 Å². The smallest absolute Gasteiger partial charge is 0.368 e. The van der Waals surface area contributed by atoms with E-state index in [-0.39, 0.29) is 18.1 Å². The van der Waals surface area contributed by atoms with Crippen molar-refractivity contribution in [2.45, 2.75) is 20.5 Å². The molecule has 1 aromatic heterocycles. The predicted molar refractivity (Wildman–Crippen MR) is 98.7 cm³/mol. The molecule has 0 aliphatic rings. The fraction of sp³-hybridized carbons (Fsp3) is 0.263. The van der Waals surface area contributed by atoms with E-state index in [0.29, 0.717) is 28.3 Å². The Morgan fingerprint density at radius 2 is 1.93 bits per heavy atom. The molecule has 2 aromatic carbocycles. The highest BCUT2D eigenvalue weighted by molar-refractivity contribution is 5.94. The summed E-state index contributed by atoms with van der Waals surface area (Å²) >= 11 is 0. The summed E-state index contributed by atoms with van der Waals surface area (Å²) in [6.07, 6.45) is 0. The molecule has 0 saturated heterocycles. The predicted octanol–water partition coefficient (Wildman–Crippen LogP) is 2.06. The Morgan fingerprint density at radius 3 is 2.52 bits per heavy atom. The molecular weight excluding hydrogens is 348 g/mol. The lowest BCUT2D eigenvalue weighted by Gasteiger charge is -2.15. The molecule has 0 atom stereocenters. The average molecular weight is 368 g/mol. The highest BCUT2D eigenvalue weighted by atomic mass is 16.5. The van der Waals surface area contributed by atoms with Crippen LogP contribution in [0.4, 0.5) is 0 Å². The van der Waals surface area contributed by atoms with Crippen LogP contribution in [0.15, 0.2) is 41.2 Å². The van der Waals surface area contributed by atoms with Crippen molar-refractivity contribution in [3.05, 3.63) is 63.6 Å². The van der Waals surface area contributed by atoms with Crippen LogP contribution in [0.3, 0.4) is 0 Å². The number of benzene rings is 2. The van der Waals surface area contributed by atoms with Crippen LogP contribution in [0.2, 0.25) is 0 Å². The molecule has 3 aromatic rings. The van der Waals surface area contributed by atoms with Crippen molar-refractivity contribution in [2.75, 3.05) is 7.11 Å². The zero-order chi connectivity index (χ0) is 19.6. The van der Waals surface area contributed by atoms with E-state index < -0.39 is 0 Å². The molecule has 0 aliphatic carbocycles. The lowest BCUT2D eigenvalue weighted by molar-refractivity contribution is 0.101. The summed E-state index contributed by atoms with van der Waals surface area (Å²) in [7, 11) is 3.08. The minimum Gasteiger partial charge on any atom is -0.496 e. The van der Waals surface area contributed by atoms with Crippen molar-refractivity contribution in [3.8, 4) is 17.2 Å². The zero-order valence-electron chi connectivity index (χ0n) is 15.6. The first-order chi connectivity index (χ1) is 12.9. The number of tetrazole rings is 1. The first-order valence-corrected chi connectivity index (χ1v) is 8.32. The maximum absolute atomic E-state index is 12.2. The molecule has 0 fully saturated rings. The van der Waals surface area contributed by atoms with E-state index in [4.69, 9.17) is 9.47 Å². The second-order valence-electron chi connectivity index (χ2n) is 6.08. The molecule has 0 amide bonds. The average Bonchev–Trinajstić information content (AvgIpc) is 2.99. The van der Waals surface area contributed by atoms with Gasteiger partial charge in [0.15, 0.2) is 5.78 Å². The number of ketones is 1. The first-order valence-electron chi connectivity index (χ1n) is 8.32. The van der Waals surface area contributed by atoms with Gasteiger partial charge in [-0.15, -0.1) is 0 Å². The number of rotatable bonds is 6. The number of ether oxygens (including phenoxy) is 2. The minimum atomic E-state index is -0.369. The molecule has 0 saturated carbocycles. The number of carbonyl (C=O) groups excluding carboxylic acids is 1. The summed E-state index contributed by atoms with van der Waals surface area (Å²) in [5.41, 5.74) is 2.30. The number of Topliss-reactive ketones (excluding diaryl/α,β-unsaturated/α-hetero) is 1. The van der Waals surface area contributed by atoms with Crippen LogP contribution >= 0.6 is 0 Å². The van der Waals surface area contributed by atoms with E-state index in [0.717, 1.165) is 10.2 Å². The SMILES string of the molecule is COc1cccc(-n2nnn(C)c2=O)c1COc1ccc(C(C)=O)cc1C. The van der Waals surface area contributed by atoms with Crippen LogP contribution in [0.1, 0.15) is 28.4 Å². The molecule has 0 aliphatic heterocycles. The molecule has 8 nitrogen and oxygen atoms in total. The van der Waals surface area contributed by atoms with E-state index in [2.05, 4.69) is 10.4 Å². The highest BCUT2D eigenvalue weighted by Crippen LogP contribution is 2.27. The summed E-state index contributed by atoms with van der Waals surface area (Å²) in [5.74, 6) is 1.21. The maximum Gasteiger partial charge on any atom is 0.368 e. The maximum atomic E-state index is 12.2. The van der Waals surface area contributed by atoms with Crippen molar-refractivity contribution in [3.63, 3.8) is 0 Å². The molecule has 1 heterocycles. The van der Waals surface area contributed by atoms with Gasteiger partial charge in [-0.2, -0.15) is 9.36 Å². The van der Waals surface area contributed by atoms with Crippen molar-refractivity contribution < 1.29 is 14.3 Å². The second-order valence-corrected chi connectivity index (χ2v) is 6.08. The molecule has 0 radical (unpaired) electrons. The summed E-state index contributed by atoms with van der Waals surface area (Å²) in [4.78, 5) is 23.7. The summed E-state index contributed by atoms with van der Waals surface area (Å²) in [6.45, 7) is 3.55. The van der Waals surface area contributed by atoms with E-state index in [1.165, 1.54) is 18.7 Å². The number of nitrogens with zero attached hydrogens (tertiary/aromatic N) is 4. The molecule has 0 spiro atoms. The van der Waals surface area contributed by atoms with Crippen LogP contribution < -0.4 is 15.2 Å². The van der Waals surface area contributed by atoms with E-state index >= 15 is 0 Å². The number of methoxy groups -OCH3 is 1. The van der Waals surface area contributed by atoms with E-state index in [9.17, 15) is 9.59 Å². The Labute approximate surface area is 155 Å². The Hall–Kier alpha value is -3.42. The van der Waals surface area contributed by atoms with Gasteiger partial charge in [0.1, 0.15) is 18.1 Å². The molecule has 0 N–H and O–H groups in total. The minimum absolute atomic E-state index is 0.00121. The molecule has 0 unspecified atom stereocenters. The standard InChI is InChI=1S/C19H20N4O4/c1-12-10-14(13(2)24)8-9-17(12)27-11-15-16(6-5-7-18(15)26-4)23-19(25)22(3)20-21-23/h5-10H,11H2,1-4H3.